The van der Waals surface area contributed by atoms with Gasteiger partial charge in [-0.15, -0.1) is 0 Å². The smallest absolute Gasteiger partial charge is 0.417 e. The van der Waals surface area contributed by atoms with Gasteiger partial charge in [0.05, 0.1) is 11.5 Å². The highest BCUT2D eigenvalue weighted by molar-refractivity contribution is 9.10. The lowest BCUT2D eigenvalue weighted by molar-refractivity contribution is -0.139. The molecule has 1 aromatic carbocycles. The van der Waals surface area contributed by atoms with Crippen molar-refractivity contribution in [1.29, 1.82) is 0 Å². The van der Waals surface area contributed by atoms with Crippen molar-refractivity contribution in [2.45, 2.75) is 16.4 Å². The molecule has 1 aliphatic carbocycles. The van der Waals surface area contributed by atoms with Crippen LogP contribution in [0.15, 0.2) is 22.7 Å². The molecule has 104 valence electrons. The van der Waals surface area contributed by atoms with Gasteiger partial charge in [0.15, 0.2) is 0 Å². The molecular weight excluding hydrogens is 372 g/mol. The van der Waals surface area contributed by atoms with E-state index >= 15 is 0 Å². The van der Waals surface area contributed by atoms with Crippen LogP contribution in [0.5, 0.6) is 0 Å². The molecule has 0 bridgehead atoms. The van der Waals surface area contributed by atoms with Crippen molar-refractivity contribution in [1.82, 2.24) is 0 Å². The summed E-state index contributed by atoms with van der Waals surface area (Å²) in [6.45, 7) is 0. The maximum Gasteiger partial charge on any atom is 0.417 e. The summed E-state index contributed by atoms with van der Waals surface area (Å²) in [7, 11) is 0. The summed E-state index contributed by atoms with van der Waals surface area (Å²) in [4.78, 5) is 10.9. The van der Waals surface area contributed by atoms with Crippen molar-refractivity contribution in [3.05, 3.63) is 33.8 Å². The van der Waals surface area contributed by atoms with Crippen LogP contribution in [0.2, 0.25) is 0 Å². The Morgan fingerprint density at radius 3 is 2.37 bits per heavy atom. The largest absolute Gasteiger partial charge is 0.481 e. The van der Waals surface area contributed by atoms with Gasteiger partial charge in [0.1, 0.15) is 4.33 Å². The molecule has 0 aliphatic heterocycles. The molecule has 0 spiro atoms. The molecule has 0 heterocycles. The third-order valence-corrected chi connectivity index (χ3v) is 4.61. The molecule has 0 amide bonds. The molecule has 19 heavy (non-hydrogen) atoms. The van der Waals surface area contributed by atoms with Crippen molar-refractivity contribution in [3.8, 4) is 0 Å². The van der Waals surface area contributed by atoms with E-state index < -0.39 is 33.9 Å². The summed E-state index contributed by atoms with van der Waals surface area (Å²) in [5, 5.41) is 8.90. The maximum absolute atomic E-state index is 12.7. The first kappa shape index (κ1) is 14.9. The summed E-state index contributed by atoms with van der Waals surface area (Å²) in [5.41, 5.74) is -0.724. The third kappa shape index (κ3) is 2.58. The number of carboxylic acids is 1. The molecule has 2 atom stereocenters. The predicted molar refractivity (Wildman–Crippen MR) is 67.4 cm³/mol. The van der Waals surface area contributed by atoms with Crippen LogP contribution in [0, 0.1) is 5.92 Å². The van der Waals surface area contributed by atoms with Gasteiger partial charge in [0, 0.05) is 10.4 Å². The van der Waals surface area contributed by atoms with Gasteiger partial charge in [-0.1, -0.05) is 45.2 Å². The lowest BCUT2D eigenvalue weighted by Gasteiger charge is -2.11. The molecule has 0 saturated heterocycles. The Morgan fingerprint density at radius 2 is 1.95 bits per heavy atom. The summed E-state index contributed by atoms with van der Waals surface area (Å²) >= 11 is 14.4. The number of alkyl halides is 5. The fraction of sp³-hybridized carbons (Fsp3) is 0.364. The quantitative estimate of drug-likeness (QED) is 0.773. The molecule has 0 radical (unpaired) electrons. The van der Waals surface area contributed by atoms with E-state index in [1.807, 2.05) is 0 Å². The van der Waals surface area contributed by atoms with Crippen molar-refractivity contribution in [2.24, 2.45) is 5.92 Å². The molecule has 2 rings (SSSR count). The van der Waals surface area contributed by atoms with E-state index in [0.29, 0.717) is 0 Å². The van der Waals surface area contributed by atoms with Crippen molar-refractivity contribution in [2.75, 3.05) is 0 Å². The second-order valence-electron chi connectivity index (χ2n) is 4.21. The number of hydrogen-bond donors (Lipinski definition) is 1. The molecular formula is C11H6BrCl2F3O2. The monoisotopic (exact) mass is 376 g/mol. The van der Waals surface area contributed by atoms with Crippen molar-refractivity contribution in [3.63, 3.8) is 0 Å². The minimum Gasteiger partial charge on any atom is -0.481 e. The van der Waals surface area contributed by atoms with Crippen LogP contribution >= 0.6 is 39.1 Å². The lowest BCUT2D eigenvalue weighted by atomic mass is 10.1. The van der Waals surface area contributed by atoms with Gasteiger partial charge in [-0.25, -0.2) is 0 Å². The Kier molecular flexibility index (Phi) is 3.56. The second-order valence-corrected chi connectivity index (χ2v) is 6.50. The van der Waals surface area contributed by atoms with Gasteiger partial charge in [0.2, 0.25) is 0 Å². The van der Waals surface area contributed by atoms with Crippen LogP contribution < -0.4 is 0 Å². The van der Waals surface area contributed by atoms with Crippen molar-refractivity contribution < 1.29 is 23.1 Å². The zero-order chi connectivity index (χ0) is 14.6. The van der Waals surface area contributed by atoms with Gasteiger partial charge in [-0.05, 0) is 17.7 Å². The molecule has 1 fully saturated rings. The summed E-state index contributed by atoms with van der Waals surface area (Å²) in [6, 6.07) is 3.46. The number of carboxylic acid groups (broad SMARTS) is 1. The van der Waals surface area contributed by atoms with Crippen LogP contribution in [0.1, 0.15) is 17.0 Å². The Hall–Kier alpha value is -0.460. The fourth-order valence-electron chi connectivity index (χ4n) is 2.00. The van der Waals surface area contributed by atoms with Gasteiger partial charge in [0.25, 0.3) is 0 Å². The van der Waals surface area contributed by atoms with Crippen LogP contribution in [-0.2, 0) is 11.0 Å². The maximum atomic E-state index is 12.7. The number of rotatable bonds is 2. The molecule has 0 aromatic heterocycles. The third-order valence-electron chi connectivity index (χ3n) is 2.97. The van der Waals surface area contributed by atoms with E-state index in [4.69, 9.17) is 28.3 Å². The van der Waals surface area contributed by atoms with Crippen molar-refractivity contribution >= 4 is 45.1 Å². The van der Waals surface area contributed by atoms with Gasteiger partial charge in [-0.2, -0.15) is 13.2 Å². The molecule has 1 aromatic rings. The Labute approximate surface area is 124 Å². The average molecular weight is 378 g/mol. The topological polar surface area (TPSA) is 37.3 Å². The SMILES string of the molecule is O=C(O)C1C(c2ccc(Br)c(C(F)(F)F)c2)C1(Cl)Cl. The Bertz CT molecular complexity index is 545. The van der Waals surface area contributed by atoms with E-state index in [0.717, 1.165) is 6.07 Å². The van der Waals surface area contributed by atoms with Crippen LogP contribution in [0.25, 0.3) is 0 Å². The Morgan fingerprint density at radius 1 is 1.37 bits per heavy atom. The zero-order valence-corrected chi connectivity index (χ0v) is 12.1. The van der Waals surface area contributed by atoms with Crippen LogP contribution in [-0.4, -0.2) is 15.4 Å². The summed E-state index contributed by atoms with van der Waals surface area (Å²) < 4.78 is 36.6. The first-order valence-corrected chi connectivity index (χ1v) is 6.59. The standard InChI is InChI=1S/C11H6BrCl2F3O2/c12-6-2-1-4(3-5(6)11(15,16)17)7-8(9(18)19)10(7,13)14/h1-3,7-8H,(H,18,19). The van der Waals surface area contributed by atoms with E-state index in [2.05, 4.69) is 15.9 Å². The van der Waals surface area contributed by atoms with E-state index in [-0.39, 0.29) is 10.0 Å². The normalized spacial score (nSPS) is 25.2. The van der Waals surface area contributed by atoms with Crippen LogP contribution in [0.4, 0.5) is 13.2 Å². The van der Waals surface area contributed by atoms with E-state index in [1.165, 1.54) is 12.1 Å². The highest BCUT2D eigenvalue weighted by Crippen LogP contribution is 2.65. The minimum absolute atomic E-state index is 0.119. The number of benzene rings is 1. The van der Waals surface area contributed by atoms with Gasteiger partial charge in [-0.3, -0.25) is 4.79 Å². The fourth-order valence-corrected chi connectivity index (χ4v) is 3.29. The molecule has 2 unspecified atom stereocenters. The highest BCUT2D eigenvalue weighted by atomic mass is 79.9. The van der Waals surface area contributed by atoms with Gasteiger partial charge < -0.3 is 5.11 Å². The molecule has 1 aliphatic rings. The zero-order valence-electron chi connectivity index (χ0n) is 9.01. The summed E-state index contributed by atoms with van der Waals surface area (Å²) in [5.74, 6) is -3.17. The number of hydrogen-bond acceptors (Lipinski definition) is 1. The molecule has 1 saturated carbocycles. The minimum atomic E-state index is -4.54. The number of aliphatic carboxylic acids is 1. The van der Waals surface area contributed by atoms with Crippen LogP contribution in [0.3, 0.4) is 0 Å². The number of carbonyl (C=O) groups is 1. The Balaban J connectivity index is 2.42. The summed E-state index contributed by atoms with van der Waals surface area (Å²) in [6.07, 6.45) is -4.54. The number of halogens is 6. The molecule has 8 heteroatoms. The average Bonchev–Trinajstić information content (AvgIpc) is 2.80. The molecule has 2 nitrogen and oxygen atoms in total. The first-order chi connectivity index (χ1) is 8.56. The lowest BCUT2D eigenvalue weighted by Crippen LogP contribution is -2.07. The highest BCUT2D eigenvalue weighted by Gasteiger charge is 2.68. The second kappa shape index (κ2) is 4.53. The molecule has 1 N–H and O–H groups in total. The first-order valence-electron chi connectivity index (χ1n) is 5.04. The van der Waals surface area contributed by atoms with Gasteiger partial charge >= 0.3 is 12.1 Å². The van der Waals surface area contributed by atoms with E-state index in [9.17, 15) is 18.0 Å². The van der Waals surface area contributed by atoms with E-state index in [1.54, 1.807) is 0 Å². The predicted octanol–water partition coefficient (Wildman–Crippen LogP) is 4.44.